The number of primary amides is 1. The molecule has 2 aromatic carbocycles. The van der Waals surface area contributed by atoms with Gasteiger partial charge in [0.2, 0.25) is 5.78 Å². The highest BCUT2D eigenvalue weighted by Crippen LogP contribution is 2.24. The monoisotopic (exact) mass is 415 g/mol. The fourth-order valence-corrected chi connectivity index (χ4v) is 3.61. The number of carbonyl (C=O) groups excluding carboxylic acids is 3. The van der Waals surface area contributed by atoms with E-state index in [1.54, 1.807) is 17.7 Å². The first-order chi connectivity index (χ1) is 15.0. The molecular formula is C23H21N5O3. The second-order valence-corrected chi connectivity index (χ2v) is 7.19. The SMILES string of the molecule is Cc1ncc(C(=O)NC(Cc2ccccc2)C(=O)C(N)=O)n1-c1c[nH]c2ccccc12. The van der Waals surface area contributed by atoms with Crippen LogP contribution in [0, 0.1) is 6.92 Å². The molecule has 0 aliphatic carbocycles. The molecule has 0 bridgehead atoms. The molecule has 1 atom stereocenters. The van der Waals surface area contributed by atoms with Crippen LogP contribution in [-0.4, -0.2) is 38.2 Å². The van der Waals surface area contributed by atoms with E-state index in [1.165, 1.54) is 6.20 Å². The number of amides is 2. The van der Waals surface area contributed by atoms with Crippen LogP contribution in [0.5, 0.6) is 0 Å². The van der Waals surface area contributed by atoms with Gasteiger partial charge < -0.3 is 16.0 Å². The van der Waals surface area contributed by atoms with E-state index in [-0.39, 0.29) is 12.1 Å². The van der Waals surface area contributed by atoms with E-state index < -0.39 is 23.6 Å². The highest BCUT2D eigenvalue weighted by Gasteiger charge is 2.28. The smallest absolute Gasteiger partial charge is 0.287 e. The van der Waals surface area contributed by atoms with Crippen LogP contribution in [-0.2, 0) is 16.0 Å². The number of nitrogens with two attached hydrogens (primary N) is 1. The van der Waals surface area contributed by atoms with Gasteiger partial charge in [-0.2, -0.15) is 0 Å². The van der Waals surface area contributed by atoms with E-state index in [9.17, 15) is 14.4 Å². The van der Waals surface area contributed by atoms with Crippen LogP contribution in [0.15, 0.2) is 67.0 Å². The Morgan fingerprint density at radius 1 is 1.10 bits per heavy atom. The van der Waals surface area contributed by atoms with Gasteiger partial charge in [-0.15, -0.1) is 0 Å². The van der Waals surface area contributed by atoms with Crippen molar-refractivity contribution in [2.75, 3.05) is 0 Å². The van der Waals surface area contributed by atoms with Gasteiger partial charge in [-0.1, -0.05) is 48.5 Å². The number of nitrogens with one attached hydrogen (secondary N) is 2. The molecule has 0 fully saturated rings. The molecule has 1 unspecified atom stereocenters. The van der Waals surface area contributed by atoms with Crippen LogP contribution in [0.4, 0.5) is 0 Å². The Balaban J connectivity index is 1.67. The highest BCUT2D eigenvalue weighted by molar-refractivity contribution is 6.38. The molecule has 2 heterocycles. The first-order valence-electron chi connectivity index (χ1n) is 9.75. The highest BCUT2D eigenvalue weighted by atomic mass is 16.2. The van der Waals surface area contributed by atoms with Crippen molar-refractivity contribution in [3.05, 3.63) is 84.1 Å². The number of imidazole rings is 1. The molecule has 2 aromatic heterocycles. The summed E-state index contributed by atoms with van der Waals surface area (Å²) in [7, 11) is 0. The Labute approximate surface area is 178 Å². The Bertz CT molecular complexity index is 1270. The largest absolute Gasteiger partial charge is 0.363 e. The van der Waals surface area contributed by atoms with Crippen molar-refractivity contribution in [3.8, 4) is 5.69 Å². The summed E-state index contributed by atoms with van der Waals surface area (Å²) in [6.07, 6.45) is 3.39. The summed E-state index contributed by atoms with van der Waals surface area (Å²) >= 11 is 0. The van der Waals surface area contributed by atoms with E-state index in [4.69, 9.17) is 5.73 Å². The minimum absolute atomic E-state index is 0.147. The van der Waals surface area contributed by atoms with E-state index in [0.717, 1.165) is 22.2 Å². The molecule has 0 spiro atoms. The first-order valence-corrected chi connectivity index (χ1v) is 9.75. The number of rotatable bonds is 7. The number of hydrogen-bond acceptors (Lipinski definition) is 4. The van der Waals surface area contributed by atoms with Crippen molar-refractivity contribution < 1.29 is 14.4 Å². The summed E-state index contributed by atoms with van der Waals surface area (Å²) in [5.74, 6) is -1.87. The molecule has 8 heteroatoms. The average Bonchev–Trinajstić information content (AvgIpc) is 3.36. The molecule has 4 aromatic rings. The molecule has 0 aliphatic rings. The number of H-pyrrole nitrogens is 1. The van der Waals surface area contributed by atoms with Crippen LogP contribution >= 0.6 is 0 Å². The van der Waals surface area contributed by atoms with Crippen LogP contribution in [0.25, 0.3) is 16.6 Å². The summed E-state index contributed by atoms with van der Waals surface area (Å²) in [5, 5.41) is 3.59. The number of nitrogens with zero attached hydrogens (tertiary/aromatic N) is 2. The molecule has 156 valence electrons. The number of ketones is 1. The van der Waals surface area contributed by atoms with Gasteiger partial charge in [0, 0.05) is 23.5 Å². The Morgan fingerprint density at radius 2 is 1.81 bits per heavy atom. The predicted molar refractivity (Wildman–Crippen MR) is 116 cm³/mol. The van der Waals surface area contributed by atoms with Crippen molar-refractivity contribution in [1.29, 1.82) is 0 Å². The number of fused-ring (bicyclic) bond motifs is 1. The van der Waals surface area contributed by atoms with Crippen molar-refractivity contribution in [2.24, 2.45) is 5.73 Å². The standard InChI is InChI=1S/C23H21N5O3/c1-14-25-13-20(28(14)19-12-26-17-10-6-5-9-16(17)19)23(31)27-18(21(29)22(24)30)11-15-7-3-2-4-8-15/h2-10,12-13,18,26H,11H2,1H3,(H2,24,30)(H,27,31). The van der Waals surface area contributed by atoms with Gasteiger partial charge >= 0.3 is 0 Å². The summed E-state index contributed by atoms with van der Waals surface area (Å²) in [4.78, 5) is 44.6. The molecular weight excluding hydrogens is 394 g/mol. The van der Waals surface area contributed by atoms with E-state index in [2.05, 4.69) is 15.3 Å². The van der Waals surface area contributed by atoms with Crippen LogP contribution in [0.1, 0.15) is 21.9 Å². The quantitative estimate of drug-likeness (QED) is 0.400. The zero-order valence-corrected chi connectivity index (χ0v) is 16.8. The zero-order chi connectivity index (χ0) is 22.0. The predicted octanol–water partition coefficient (Wildman–Crippen LogP) is 2.06. The van der Waals surface area contributed by atoms with Gasteiger partial charge in [0.15, 0.2) is 0 Å². The van der Waals surface area contributed by atoms with Gasteiger partial charge in [-0.25, -0.2) is 4.98 Å². The number of aromatic amines is 1. The lowest BCUT2D eigenvalue weighted by atomic mass is 10.0. The summed E-state index contributed by atoms with van der Waals surface area (Å²) < 4.78 is 1.71. The maximum atomic E-state index is 13.2. The molecule has 0 radical (unpaired) electrons. The number of aromatic nitrogens is 3. The number of hydrogen-bond donors (Lipinski definition) is 3. The van der Waals surface area contributed by atoms with E-state index >= 15 is 0 Å². The zero-order valence-electron chi connectivity index (χ0n) is 16.8. The van der Waals surface area contributed by atoms with Gasteiger partial charge in [0.1, 0.15) is 17.6 Å². The van der Waals surface area contributed by atoms with Crippen molar-refractivity contribution in [2.45, 2.75) is 19.4 Å². The Kier molecular flexibility index (Phi) is 5.36. The number of para-hydroxylation sites is 1. The molecule has 0 saturated carbocycles. The molecule has 8 nitrogen and oxygen atoms in total. The number of aryl methyl sites for hydroxylation is 1. The normalized spacial score (nSPS) is 11.9. The van der Waals surface area contributed by atoms with Gasteiger partial charge in [-0.05, 0) is 18.6 Å². The lowest BCUT2D eigenvalue weighted by Gasteiger charge is -2.17. The lowest BCUT2D eigenvalue weighted by molar-refractivity contribution is -0.137. The summed E-state index contributed by atoms with van der Waals surface area (Å²) in [5.41, 5.74) is 7.94. The Hall–Kier alpha value is -4.20. The third-order valence-corrected chi connectivity index (χ3v) is 5.13. The van der Waals surface area contributed by atoms with Crippen LogP contribution in [0.2, 0.25) is 0 Å². The van der Waals surface area contributed by atoms with Crippen molar-refractivity contribution in [3.63, 3.8) is 0 Å². The Morgan fingerprint density at radius 3 is 2.55 bits per heavy atom. The minimum atomic E-state index is -1.09. The summed E-state index contributed by atoms with van der Waals surface area (Å²) in [6.45, 7) is 1.79. The topological polar surface area (TPSA) is 123 Å². The number of Topliss-reactive ketones (excluding diaryl/α,β-unsaturated/α-hetero) is 1. The molecule has 4 N–H and O–H groups in total. The van der Waals surface area contributed by atoms with Crippen molar-refractivity contribution in [1.82, 2.24) is 19.9 Å². The number of carbonyl (C=O) groups is 3. The molecule has 2 amide bonds. The van der Waals surface area contributed by atoms with E-state index in [1.807, 2.05) is 54.6 Å². The molecule has 0 aliphatic heterocycles. The average molecular weight is 415 g/mol. The third-order valence-electron chi connectivity index (χ3n) is 5.13. The van der Waals surface area contributed by atoms with E-state index in [0.29, 0.717) is 5.82 Å². The first kappa shape index (κ1) is 20.1. The second kappa shape index (κ2) is 8.27. The minimum Gasteiger partial charge on any atom is -0.363 e. The van der Waals surface area contributed by atoms with Crippen LogP contribution < -0.4 is 11.1 Å². The maximum absolute atomic E-state index is 13.2. The lowest BCUT2D eigenvalue weighted by Crippen LogP contribution is -2.47. The number of benzene rings is 2. The van der Waals surface area contributed by atoms with Gasteiger partial charge in [0.05, 0.1) is 11.9 Å². The van der Waals surface area contributed by atoms with Crippen LogP contribution in [0.3, 0.4) is 0 Å². The molecule has 31 heavy (non-hydrogen) atoms. The van der Waals surface area contributed by atoms with Gasteiger partial charge in [0.25, 0.3) is 11.8 Å². The van der Waals surface area contributed by atoms with Crippen molar-refractivity contribution >= 4 is 28.5 Å². The maximum Gasteiger partial charge on any atom is 0.287 e. The third kappa shape index (κ3) is 3.95. The van der Waals surface area contributed by atoms with Gasteiger partial charge in [-0.3, -0.25) is 19.0 Å². The molecule has 4 rings (SSSR count). The second-order valence-electron chi connectivity index (χ2n) is 7.19. The molecule has 0 saturated heterocycles. The summed E-state index contributed by atoms with van der Waals surface area (Å²) in [6, 6.07) is 15.7. The fraction of sp³-hybridized carbons (Fsp3) is 0.130. The fourth-order valence-electron chi connectivity index (χ4n) is 3.61.